The number of hydrogen-bond acceptors (Lipinski definition) is 4. The Morgan fingerprint density at radius 2 is 1.67 bits per heavy atom. The van der Waals surface area contributed by atoms with Crippen LogP contribution in [0.5, 0.6) is 0 Å². The fourth-order valence-corrected chi connectivity index (χ4v) is 3.76. The van der Waals surface area contributed by atoms with Crippen LogP contribution in [0.3, 0.4) is 0 Å². The van der Waals surface area contributed by atoms with E-state index in [9.17, 15) is 18.5 Å². The summed E-state index contributed by atoms with van der Waals surface area (Å²) in [7, 11) is -3.70. The van der Waals surface area contributed by atoms with E-state index in [4.69, 9.17) is 0 Å². The van der Waals surface area contributed by atoms with Crippen molar-refractivity contribution in [2.24, 2.45) is 0 Å². The van der Waals surface area contributed by atoms with Crippen molar-refractivity contribution in [1.29, 1.82) is 0 Å². The molecule has 0 saturated carbocycles. The van der Waals surface area contributed by atoms with E-state index in [0.29, 0.717) is 6.54 Å². The molecule has 0 unspecified atom stereocenters. The SMILES string of the molecule is CCCCN(Cc1ccccc1)S(=O)(=O)c1ccc([N+](=O)[O-])cc1. The van der Waals surface area contributed by atoms with Gasteiger partial charge in [-0.2, -0.15) is 4.31 Å². The minimum atomic E-state index is -3.70. The maximum absolute atomic E-state index is 12.9. The smallest absolute Gasteiger partial charge is 0.258 e. The molecule has 2 aromatic carbocycles. The molecule has 0 aliphatic carbocycles. The summed E-state index contributed by atoms with van der Waals surface area (Å²) >= 11 is 0. The zero-order valence-electron chi connectivity index (χ0n) is 13.5. The second-order valence-corrected chi connectivity index (χ2v) is 7.37. The fraction of sp³-hybridized carbons (Fsp3) is 0.294. The van der Waals surface area contributed by atoms with Crippen LogP contribution >= 0.6 is 0 Å². The summed E-state index contributed by atoms with van der Waals surface area (Å²) in [6, 6.07) is 14.4. The van der Waals surface area contributed by atoms with Gasteiger partial charge in [-0.25, -0.2) is 8.42 Å². The van der Waals surface area contributed by atoms with Crippen LogP contribution in [0.25, 0.3) is 0 Å². The number of sulfonamides is 1. The third-order valence-electron chi connectivity index (χ3n) is 3.65. The Bertz CT molecular complexity index is 774. The topological polar surface area (TPSA) is 80.5 Å². The van der Waals surface area contributed by atoms with Crippen LogP contribution in [0.2, 0.25) is 0 Å². The molecule has 6 nitrogen and oxygen atoms in total. The Kier molecular flexibility index (Phi) is 6.05. The van der Waals surface area contributed by atoms with Crippen LogP contribution in [0.15, 0.2) is 59.5 Å². The summed E-state index contributed by atoms with van der Waals surface area (Å²) in [4.78, 5) is 10.2. The molecule has 0 bridgehead atoms. The van der Waals surface area contributed by atoms with E-state index in [-0.39, 0.29) is 17.1 Å². The van der Waals surface area contributed by atoms with Crippen LogP contribution in [0.1, 0.15) is 25.3 Å². The number of non-ortho nitro benzene ring substituents is 1. The highest BCUT2D eigenvalue weighted by atomic mass is 32.2. The van der Waals surface area contributed by atoms with Crippen LogP contribution in [-0.2, 0) is 16.6 Å². The Morgan fingerprint density at radius 3 is 2.21 bits per heavy atom. The first-order chi connectivity index (χ1) is 11.4. The molecular formula is C17H20N2O4S. The van der Waals surface area contributed by atoms with Gasteiger partial charge in [0, 0.05) is 25.2 Å². The molecule has 0 aliphatic heterocycles. The van der Waals surface area contributed by atoms with E-state index in [0.717, 1.165) is 18.4 Å². The summed E-state index contributed by atoms with van der Waals surface area (Å²) in [5.74, 6) is 0. The van der Waals surface area contributed by atoms with Gasteiger partial charge in [0.05, 0.1) is 9.82 Å². The van der Waals surface area contributed by atoms with Crippen LogP contribution in [-0.4, -0.2) is 24.2 Å². The number of benzene rings is 2. The number of rotatable bonds is 8. The van der Waals surface area contributed by atoms with Crippen LogP contribution < -0.4 is 0 Å². The van der Waals surface area contributed by atoms with Gasteiger partial charge in [0.25, 0.3) is 5.69 Å². The van der Waals surface area contributed by atoms with Crippen molar-refractivity contribution >= 4 is 15.7 Å². The molecule has 0 heterocycles. The van der Waals surface area contributed by atoms with E-state index in [2.05, 4.69) is 0 Å². The molecule has 0 atom stereocenters. The predicted molar refractivity (Wildman–Crippen MR) is 92.0 cm³/mol. The summed E-state index contributed by atoms with van der Waals surface area (Å²) < 4.78 is 27.2. The van der Waals surface area contributed by atoms with Gasteiger partial charge in [-0.3, -0.25) is 10.1 Å². The fourth-order valence-electron chi connectivity index (χ4n) is 2.29. The monoisotopic (exact) mass is 348 g/mol. The Labute approximate surface area is 141 Å². The van der Waals surface area contributed by atoms with Crippen molar-refractivity contribution in [3.8, 4) is 0 Å². The average molecular weight is 348 g/mol. The van der Waals surface area contributed by atoms with E-state index in [1.807, 2.05) is 37.3 Å². The molecule has 0 N–H and O–H groups in total. The van der Waals surface area contributed by atoms with Gasteiger partial charge in [0.2, 0.25) is 10.0 Å². The Morgan fingerprint density at radius 1 is 1.04 bits per heavy atom. The minimum Gasteiger partial charge on any atom is -0.258 e. The molecular weight excluding hydrogens is 328 g/mol. The summed E-state index contributed by atoms with van der Waals surface area (Å²) in [5, 5.41) is 10.7. The maximum atomic E-state index is 12.9. The molecule has 0 aliphatic rings. The van der Waals surface area contributed by atoms with Crippen molar-refractivity contribution in [2.45, 2.75) is 31.2 Å². The number of hydrogen-bond donors (Lipinski definition) is 0. The third-order valence-corrected chi connectivity index (χ3v) is 5.51. The zero-order chi connectivity index (χ0) is 17.6. The number of unbranched alkanes of at least 4 members (excludes halogenated alkanes) is 1. The highest BCUT2D eigenvalue weighted by Crippen LogP contribution is 2.21. The van der Waals surface area contributed by atoms with Gasteiger partial charge >= 0.3 is 0 Å². The predicted octanol–water partition coefficient (Wildman–Crippen LogP) is 3.59. The zero-order valence-corrected chi connectivity index (χ0v) is 14.3. The lowest BCUT2D eigenvalue weighted by atomic mass is 10.2. The molecule has 24 heavy (non-hydrogen) atoms. The summed E-state index contributed by atoms with van der Waals surface area (Å²) in [5.41, 5.74) is 0.774. The van der Waals surface area contributed by atoms with Crippen molar-refractivity contribution in [3.63, 3.8) is 0 Å². The molecule has 2 aromatic rings. The number of nitrogens with zero attached hydrogens (tertiary/aromatic N) is 2. The molecule has 7 heteroatoms. The van der Waals surface area contributed by atoms with E-state index in [1.165, 1.54) is 28.6 Å². The van der Waals surface area contributed by atoms with Gasteiger partial charge in [0.15, 0.2) is 0 Å². The van der Waals surface area contributed by atoms with Gasteiger partial charge in [0.1, 0.15) is 0 Å². The first kappa shape index (κ1) is 18.1. The van der Waals surface area contributed by atoms with Crippen molar-refractivity contribution in [2.75, 3.05) is 6.54 Å². The lowest BCUT2D eigenvalue weighted by Gasteiger charge is -2.22. The summed E-state index contributed by atoms with van der Waals surface area (Å²) in [6.45, 7) is 2.68. The molecule has 0 amide bonds. The Hall–Kier alpha value is -2.25. The normalized spacial score (nSPS) is 11.6. The van der Waals surface area contributed by atoms with Crippen molar-refractivity contribution < 1.29 is 13.3 Å². The van der Waals surface area contributed by atoms with Gasteiger partial charge < -0.3 is 0 Å². The first-order valence-electron chi connectivity index (χ1n) is 7.73. The molecule has 2 rings (SSSR count). The molecule has 0 spiro atoms. The summed E-state index contributed by atoms with van der Waals surface area (Å²) in [6.07, 6.45) is 1.63. The second-order valence-electron chi connectivity index (χ2n) is 5.43. The van der Waals surface area contributed by atoms with Crippen molar-refractivity contribution in [1.82, 2.24) is 4.31 Å². The van der Waals surface area contributed by atoms with Gasteiger partial charge in [-0.1, -0.05) is 43.7 Å². The molecule has 0 aromatic heterocycles. The maximum Gasteiger partial charge on any atom is 0.269 e. The average Bonchev–Trinajstić information content (AvgIpc) is 2.59. The van der Waals surface area contributed by atoms with E-state index in [1.54, 1.807) is 0 Å². The highest BCUT2D eigenvalue weighted by molar-refractivity contribution is 7.89. The number of nitro benzene ring substituents is 1. The second kappa shape index (κ2) is 8.03. The molecule has 0 saturated heterocycles. The Balaban J connectivity index is 2.30. The van der Waals surface area contributed by atoms with Crippen molar-refractivity contribution in [3.05, 3.63) is 70.3 Å². The van der Waals surface area contributed by atoms with Gasteiger partial charge in [-0.05, 0) is 24.1 Å². The molecule has 0 radical (unpaired) electrons. The molecule has 0 fully saturated rings. The third kappa shape index (κ3) is 4.39. The number of nitro groups is 1. The standard InChI is InChI=1S/C17H20N2O4S/c1-2-3-13-18(14-15-7-5-4-6-8-15)24(22,23)17-11-9-16(10-12-17)19(20)21/h4-12H,2-3,13-14H2,1H3. The quantitative estimate of drug-likeness (QED) is 0.539. The minimum absolute atomic E-state index is 0.0696. The first-order valence-corrected chi connectivity index (χ1v) is 9.17. The highest BCUT2D eigenvalue weighted by Gasteiger charge is 2.24. The van der Waals surface area contributed by atoms with Crippen LogP contribution in [0.4, 0.5) is 5.69 Å². The van der Waals surface area contributed by atoms with Crippen LogP contribution in [0, 0.1) is 10.1 Å². The molecule has 128 valence electrons. The van der Waals surface area contributed by atoms with Gasteiger partial charge in [-0.15, -0.1) is 0 Å². The lowest BCUT2D eigenvalue weighted by Crippen LogP contribution is -2.31. The van der Waals surface area contributed by atoms with E-state index >= 15 is 0 Å². The largest absolute Gasteiger partial charge is 0.269 e. The lowest BCUT2D eigenvalue weighted by molar-refractivity contribution is -0.384. The van der Waals surface area contributed by atoms with E-state index < -0.39 is 14.9 Å².